The number of carboxylic acids is 1. The third-order valence-corrected chi connectivity index (χ3v) is 4.72. The Balaban J connectivity index is 2.03. The maximum absolute atomic E-state index is 13.2. The zero-order valence-corrected chi connectivity index (χ0v) is 11.6. The fourth-order valence-corrected chi connectivity index (χ4v) is 3.02. The van der Waals surface area contributed by atoms with Gasteiger partial charge in [-0.15, -0.1) is 0 Å². The Kier molecular flexibility index (Phi) is 4.39. The van der Waals surface area contributed by atoms with Crippen LogP contribution in [-0.4, -0.2) is 26.0 Å². The first-order valence-corrected chi connectivity index (χ1v) is 7.91. The molecule has 1 fully saturated rings. The summed E-state index contributed by atoms with van der Waals surface area (Å²) in [4.78, 5) is 10.6. The van der Waals surface area contributed by atoms with Crippen LogP contribution in [0.1, 0.15) is 36.0 Å². The SMILES string of the molecule is O=C(O)c1cc(S(=O)(=O)NCCCC2CC2)ccc1F. The molecule has 1 saturated carbocycles. The Morgan fingerprint density at radius 2 is 2.10 bits per heavy atom. The van der Waals surface area contributed by atoms with E-state index in [0.29, 0.717) is 6.54 Å². The highest BCUT2D eigenvalue weighted by Crippen LogP contribution is 2.33. The molecule has 0 amide bonds. The summed E-state index contributed by atoms with van der Waals surface area (Å²) in [6, 6.07) is 2.74. The van der Waals surface area contributed by atoms with Crippen molar-refractivity contribution in [3.63, 3.8) is 0 Å². The molecular formula is C13H16FNO4S. The van der Waals surface area contributed by atoms with E-state index in [1.54, 1.807) is 0 Å². The summed E-state index contributed by atoms with van der Waals surface area (Å²) in [5.41, 5.74) is -0.647. The molecule has 0 aromatic heterocycles. The maximum atomic E-state index is 13.2. The lowest BCUT2D eigenvalue weighted by Gasteiger charge is -2.07. The summed E-state index contributed by atoms with van der Waals surface area (Å²) in [5, 5.41) is 8.78. The first-order valence-electron chi connectivity index (χ1n) is 6.42. The van der Waals surface area contributed by atoms with Crippen molar-refractivity contribution in [3.05, 3.63) is 29.6 Å². The van der Waals surface area contributed by atoms with Crippen molar-refractivity contribution in [3.8, 4) is 0 Å². The molecule has 2 N–H and O–H groups in total. The smallest absolute Gasteiger partial charge is 0.338 e. The van der Waals surface area contributed by atoms with Gasteiger partial charge in [-0.05, 0) is 37.0 Å². The van der Waals surface area contributed by atoms with Gasteiger partial charge in [-0.3, -0.25) is 0 Å². The fraction of sp³-hybridized carbons (Fsp3) is 0.462. The number of carbonyl (C=O) groups is 1. The molecule has 1 aliphatic carbocycles. The number of carboxylic acid groups (broad SMARTS) is 1. The van der Waals surface area contributed by atoms with E-state index in [-0.39, 0.29) is 4.90 Å². The van der Waals surface area contributed by atoms with Crippen LogP contribution in [0.25, 0.3) is 0 Å². The molecule has 7 heteroatoms. The largest absolute Gasteiger partial charge is 0.478 e. The molecule has 0 saturated heterocycles. The molecule has 5 nitrogen and oxygen atoms in total. The number of hydrogen-bond donors (Lipinski definition) is 2. The van der Waals surface area contributed by atoms with Gasteiger partial charge in [-0.25, -0.2) is 22.3 Å². The van der Waals surface area contributed by atoms with Crippen LogP contribution in [0.5, 0.6) is 0 Å². The Morgan fingerprint density at radius 1 is 1.40 bits per heavy atom. The van der Waals surface area contributed by atoms with Crippen LogP contribution in [0, 0.1) is 11.7 Å². The molecule has 0 heterocycles. The second kappa shape index (κ2) is 5.88. The fourth-order valence-electron chi connectivity index (χ4n) is 1.92. The second-order valence-electron chi connectivity index (χ2n) is 4.93. The molecule has 20 heavy (non-hydrogen) atoms. The van der Waals surface area contributed by atoms with E-state index in [4.69, 9.17) is 5.11 Å². The Labute approximate surface area is 116 Å². The van der Waals surface area contributed by atoms with Gasteiger partial charge in [0, 0.05) is 6.54 Å². The molecule has 0 radical (unpaired) electrons. The topological polar surface area (TPSA) is 83.5 Å². The average molecular weight is 301 g/mol. The molecule has 1 aromatic carbocycles. The third kappa shape index (κ3) is 3.77. The average Bonchev–Trinajstić information content (AvgIpc) is 3.18. The monoisotopic (exact) mass is 301 g/mol. The molecule has 0 unspecified atom stereocenters. The number of rotatable bonds is 7. The van der Waals surface area contributed by atoms with E-state index in [0.717, 1.165) is 37.0 Å². The Morgan fingerprint density at radius 3 is 2.70 bits per heavy atom. The minimum atomic E-state index is -3.79. The first-order chi connectivity index (χ1) is 9.40. The van der Waals surface area contributed by atoms with Gasteiger partial charge < -0.3 is 5.11 Å². The number of halogens is 1. The van der Waals surface area contributed by atoms with Crippen molar-refractivity contribution >= 4 is 16.0 Å². The van der Waals surface area contributed by atoms with Gasteiger partial charge in [-0.1, -0.05) is 12.8 Å². The highest BCUT2D eigenvalue weighted by Gasteiger charge is 2.21. The molecule has 2 rings (SSSR count). The zero-order chi connectivity index (χ0) is 14.8. The standard InChI is InChI=1S/C13H16FNO4S/c14-12-6-5-10(8-11(12)13(16)17)20(18,19)15-7-1-2-9-3-4-9/h5-6,8-9,15H,1-4,7H2,(H,16,17). The first kappa shape index (κ1) is 14.9. The predicted molar refractivity (Wildman–Crippen MR) is 70.5 cm³/mol. The lowest BCUT2D eigenvalue weighted by Crippen LogP contribution is -2.25. The highest BCUT2D eigenvalue weighted by molar-refractivity contribution is 7.89. The van der Waals surface area contributed by atoms with Gasteiger partial charge in [-0.2, -0.15) is 0 Å². The van der Waals surface area contributed by atoms with E-state index in [1.807, 2.05) is 0 Å². The summed E-state index contributed by atoms with van der Waals surface area (Å²) in [6.07, 6.45) is 4.17. The van der Waals surface area contributed by atoms with Crippen LogP contribution in [0.3, 0.4) is 0 Å². The maximum Gasteiger partial charge on any atom is 0.338 e. The molecule has 0 spiro atoms. The lowest BCUT2D eigenvalue weighted by molar-refractivity contribution is 0.0691. The number of benzene rings is 1. The minimum absolute atomic E-state index is 0.234. The second-order valence-corrected chi connectivity index (χ2v) is 6.70. The number of sulfonamides is 1. The van der Waals surface area contributed by atoms with E-state index in [2.05, 4.69) is 4.72 Å². The molecule has 1 aromatic rings. The van der Waals surface area contributed by atoms with Crippen molar-refractivity contribution in [2.75, 3.05) is 6.54 Å². The summed E-state index contributed by atoms with van der Waals surface area (Å²) in [5.74, 6) is -1.72. The minimum Gasteiger partial charge on any atom is -0.478 e. The molecule has 1 aliphatic rings. The van der Waals surface area contributed by atoms with Crippen molar-refractivity contribution in [1.29, 1.82) is 0 Å². The summed E-state index contributed by atoms with van der Waals surface area (Å²) in [7, 11) is -3.79. The van der Waals surface area contributed by atoms with Crippen molar-refractivity contribution in [2.24, 2.45) is 5.92 Å². The number of nitrogens with one attached hydrogen (secondary N) is 1. The van der Waals surface area contributed by atoms with Gasteiger partial charge in [0.05, 0.1) is 10.5 Å². The lowest BCUT2D eigenvalue weighted by atomic mass is 10.2. The summed E-state index contributed by atoms with van der Waals surface area (Å²) >= 11 is 0. The quantitative estimate of drug-likeness (QED) is 0.754. The number of aromatic carboxylic acids is 1. The molecular weight excluding hydrogens is 285 g/mol. The van der Waals surface area contributed by atoms with Crippen LogP contribution in [-0.2, 0) is 10.0 Å². The third-order valence-electron chi connectivity index (χ3n) is 3.26. The number of hydrogen-bond acceptors (Lipinski definition) is 3. The summed E-state index contributed by atoms with van der Waals surface area (Å²) in [6.45, 7) is 0.304. The van der Waals surface area contributed by atoms with Gasteiger partial charge in [0.2, 0.25) is 10.0 Å². The van der Waals surface area contributed by atoms with Crippen molar-refractivity contribution in [1.82, 2.24) is 4.72 Å². The predicted octanol–water partition coefficient (Wildman–Crippen LogP) is 1.99. The normalized spacial score (nSPS) is 15.2. The van der Waals surface area contributed by atoms with Gasteiger partial charge >= 0.3 is 5.97 Å². The van der Waals surface area contributed by atoms with E-state index >= 15 is 0 Å². The van der Waals surface area contributed by atoms with Crippen LogP contribution in [0.15, 0.2) is 23.1 Å². The van der Waals surface area contributed by atoms with Crippen LogP contribution < -0.4 is 4.72 Å². The van der Waals surface area contributed by atoms with E-state index < -0.39 is 27.4 Å². The van der Waals surface area contributed by atoms with Crippen molar-refractivity contribution in [2.45, 2.75) is 30.6 Å². The Hall–Kier alpha value is -1.47. The van der Waals surface area contributed by atoms with Gasteiger partial charge in [0.25, 0.3) is 0 Å². The molecule has 110 valence electrons. The molecule has 0 aliphatic heterocycles. The van der Waals surface area contributed by atoms with Crippen molar-refractivity contribution < 1.29 is 22.7 Å². The van der Waals surface area contributed by atoms with Crippen LogP contribution in [0.2, 0.25) is 0 Å². The Bertz CT molecular complexity index is 611. The van der Waals surface area contributed by atoms with E-state index in [1.165, 1.54) is 12.8 Å². The van der Waals surface area contributed by atoms with Crippen LogP contribution in [0.4, 0.5) is 4.39 Å². The zero-order valence-electron chi connectivity index (χ0n) is 10.8. The molecule has 0 bridgehead atoms. The van der Waals surface area contributed by atoms with Crippen LogP contribution >= 0.6 is 0 Å². The highest BCUT2D eigenvalue weighted by atomic mass is 32.2. The molecule has 0 atom stereocenters. The van der Waals surface area contributed by atoms with Gasteiger partial charge in [0.15, 0.2) is 0 Å². The van der Waals surface area contributed by atoms with E-state index in [9.17, 15) is 17.6 Å². The summed E-state index contributed by atoms with van der Waals surface area (Å²) < 4.78 is 39.5. The van der Waals surface area contributed by atoms with Gasteiger partial charge in [0.1, 0.15) is 5.82 Å².